The summed E-state index contributed by atoms with van der Waals surface area (Å²) >= 11 is 0. The molecule has 1 aromatic rings. The highest BCUT2D eigenvalue weighted by Crippen LogP contribution is 2.12. The second kappa shape index (κ2) is 10.7. The quantitative estimate of drug-likeness (QED) is 0.393. The fourth-order valence-corrected chi connectivity index (χ4v) is 1.72. The van der Waals surface area contributed by atoms with Gasteiger partial charge in [-0.25, -0.2) is 0 Å². The normalized spacial score (nSPS) is 13.0. The van der Waals surface area contributed by atoms with Gasteiger partial charge in [-0.1, -0.05) is 17.7 Å². The summed E-state index contributed by atoms with van der Waals surface area (Å²) in [6, 6.07) is 8.06. The van der Waals surface area contributed by atoms with E-state index in [1.54, 1.807) is 14.2 Å². The summed E-state index contributed by atoms with van der Waals surface area (Å²) < 4.78 is 11.2. The largest absolute Gasteiger partial charge is 0.489 e. The summed E-state index contributed by atoms with van der Waals surface area (Å²) in [6.45, 7) is 9.48. The molecule has 1 atom stereocenters. The summed E-state index contributed by atoms with van der Waals surface area (Å²) in [7, 11) is 3.45. The van der Waals surface area contributed by atoms with Gasteiger partial charge in [0.25, 0.3) is 0 Å². The molecule has 0 radical (unpaired) electrons. The van der Waals surface area contributed by atoms with Crippen LogP contribution >= 0.6 is 24.0 Å². The Bertz CT molecular complexity index is 475. The maximum Gasteiger partial charge on any atom is 0.191 e. The van der Waals surface area contributed by atoms with Crippen LogP contribution in [0.1, 0.15) is 26.3 Å². The van der Waals surface area contributed by atoms with Gasteiger partial charge >= 0.3 is 0 Å². The fraction of sp³-hybridized carbons (Fsp3) is 0.588. The third-order valence-corrected chi connectivity index (χ3v) is 3.37. The number of halogens is 1. The molecule has 0 fully saturated rings. The van der Waals surface area contributed by atoms with Crippen molar-refractivity contribution in [3.8, 4) is 5.75 Å². The molecule has 23 heavy (non-hydrogen) atoms. The van der Waals surface area contributed by atoms with Gasteiger partial charge in [0.1, 0.15) is 11.9 Å². The van der Waals surface area contributed by atoms with Gasteiger partial charge < -0.3 is 20.1 Å². The summed E-state index contributed by atoms with van der Waals surface area (Å²) in [5, 5.41) is 6.50. The molecular formula is C17H30IN3O2. The predicted molar refractivity (Wildman–Crippen MR) is 107 cm³/mol. The van der Waals surface area contributed by atoms with E-state index in [9.17, 15) is 0 Å². The second-order valence-electron chi connectivity index (χ2n) is 6.01. The number of nitrogens with zero attached hydrogens (tertiary/aromatic N) is 1. The van der Waals surface area contributed by atoms with Crippen LogP contribution in [0, 0.1) is 6.92 Å². The first-order valence-electron chi connectivity index (χ1n) is 7.59. The number of rotatable bonds is 7. The van der Waals surface area contributed by atoms with Crippen LogP contribution in [0.3, 0.4) is 0 Å². The van der Waals surface area contributed by atoms with Crippen molar-refractivity contribution in [3.05, 3.63) is 29.8 Å². The molecule has 0 amide bonds. The summed E-state index contributed by atoms with van der Waals surface area (Å²) in [6.07, 6.45) is 0.0386. The molecule has 0 saturated carbocycles. The van der Waals surface area contributed by atoms with Crippen LogP contribution in [0.2, 0.25) is 0 Å². The number of methoxy groups -OCH3 is 1. The zero-order valence-electron chi connectivity index (χ0n) is 15.0. The first-order chi connectivity index (χ1) is 10.4. The van der Waals surface area contributed by atoms with Crippen molar-refractivity contribution in [1.29, 1.82) is 0 Å². The van der Waals surface area contributed by atoms with Crippen molar-refractivity contribution in [2.45, 2.75) is 39.4 Å². The minimum absolute atomic E-state index is 0. The molecule has 1 rings (SSSR count). The van der Waals surface area contributed by atoms with Crippen molar-refractivity contribution in [2.24, 2.45) is 4.99 Å². The summed E-state index contributed by atoms with van der Waals surface area (Å²) in [4.78, 5) is 4.20. The van der Waals surface area contributed by atoms with E-state index < -0.39 is 0 Å². The molecule has 6 heteroatoms. The molecule has 5 nitrogen and oxygen atoms in total. The number of hydrogen-bond acceptors (Lipinski definition) is 3. The lowest BCUT2D eigenvalue weighted by Crippen LogP contribution is -2.47. The van der Waals surface area contributed by atoms with Gasteiger partial charge in [0.2, 0.25) is 0 Å². The van der Waals surface area contributed by atoms with Crippen molar-refractivity contribution < 1.29 is 9.47 Å². The van der Waals surface area contributed by atoms with Crippen LogP contribution in [0.5, 0.6) is 5.75 Å². The first kappa shape index (κ1) is 22.0. The SMILES string of the molecule is CN=C(NCC(C)Oc1ccc(C)cc1)NCC(C)(C)OC.I. The van der Waals surface area contributed by atoms with Crippen molar-refractivity contribution in [3.63, 3.8) is 0 Å². The highest BCUT2D eigenvalue weighted by atomic mass is 127. The van der Waals surface area contributed by atoms with E-state index in [0.29, 0.717) is 13.1 Å². The van der Waals surface area contributed by atoms with Gasteiger partial charge in [-0.2, -0.15) is 0 Å². The Balaban J connectivity index is 0.00000484. The standard InChI is InChI=1S/C17H29N3O2.HI/c1-13-7-9-15(10-8-13)22-14(2)11-19-16(18-5)20-12-17(3,4)21-6;/h7-10,14H,11-12H2,1-6H3,(H2,18,19,20);1H. The molecule has 0 heterocycles. The van der Waals surface area contributed by atoms with Crippen LogP contribution in [0.4, 0.5) is 0 Å². The molecule has 0 aromatic heterocycles. The van der Waals surface area contributed by atoms with Gasteiger partial charge in [-0.05, 0) is 39.8 Å². The third-order valence-electron chi connectivity index (χ3n) is 3.37. The minimum Gasteiger partial charge on any atom is -0.489 e. The predicted octanol–water partition coefficient (Wildman–Crippen LogP) is 2.97. The van der Waals surface area contributed by atoms with Crippen LogP contribution in [-0.2, 0) is 4.74 Å². The van der Waals surface area contributed by atoms with Crippen LogP contribution in [0.15, 0.2) is 29.3 Å². The van der Waals surface area contributed by atoms with Crippen LogP contribution in [-0.4, -0.2) is 44.9 Å². The van der Waals surface area contributed by atoms with Gasteiger partial charge in [-0.15, -0.1) is 24.0 Å². The number of benzene rings is 1. The number of aliphatic imine (C=N–C) groups is 1. The Kier molecular flexibility index (Phi) is 10.2. The Morgan fingerprint density at radius 1 is 1.22 bits per heavy atom. The number of hydrogen-bond donors (Lipinski definition) is 2. The molecular weight excluding hydrogens is 405 g/mol. The maximum absolute atomic E-state index is 5.86. The molecule has 0 saturated heterocycles. The lowest BCUT2D eigenvalue weighted by atomic mass is 10.1. The molecule has 0 spiro atoms. The highest BCUT2D eigenvalue weighted by Gasteiger charge is 2.16. The number of aryl methyl sites for hydroxylation is 1. The zero-order chi connectivity index (χ0) is 16.6. The van der Waals surface area contributed by atoms with Crippen LogP contribution in [0.25, 0.3) is 0 Å². The Morgan fingerprint density at radius 3 is 2.35 bits per heavy atom. The lowest BCUT2D eigenvalue weighted by molar-refractivity contribution is 0.0268. The second-order valence-corrected chi connectivity index (χ2v) is 6.01. The van der Waals surface area contributed by atoms with Gasteiger partial charge in [0.15, 0.2) is 5.96 Å². The zero-order valence-corrected chi connectivity index (χ0v) is 17.3. The van der Waals surface area contributed by atoms with E-state index >= 15 is 0 Å². The first-order valence-corrected chi connectivity index (χ1v) is 7.59. The van der Waals surface area contributed by atoms with Crippen molar-refractivity contribution in [2.75, 3.05) is 27.2 Å². The topological polar surface area (TPSA) is 54.9 Å². The van der Waals surface area contributed by atoms with Crippen molar-refractivity contribution in [1.82, 2.24) is 10.6 Å². The number of guanidine groups is 1. The van der Waals surface area contributed by atoms with Gasteiger partial charge in [0, 0.05) is 20.7 Å². The van der Waals surface area contributed by atoms with Crippen molar-refractivity contribution >= 4 is 29.9 Å². The lowest BCUT2D eigenvalue weighted by Gasteiger charge is -2.25. The molecule has 1 aromatic carbocycles. The maximum atomic E-state index is 5.86. The third kappa shape index (κ3) is 9.00. The average Bonchev–Trinajstić information content (AvgIpc) is 2.50. The Morgan fingerprint density at radius 2 is 1.83 bits per heavy atom. The van der Waals surface area contributed by atoms with Gasteiger partial charge in [-0.3, -0.25) is 4.99 Å². The van der Waals surface area contributed by atoms with E-state index in [-0.39, 0.29) is 35.7 Å². The average molecular weight is 435 g/mol. The molecule has 0 bridgehead atoms. The molecule has 0 aliphatic heterocycles. The monoisotopic (exact) mass is 435 g/mol. The number of nitrogens with one attached hydrogen (secondary N) is 2. The molecule has 2 N–H and O–H groups in total. The number of ether oxygens (including phenoxy) is 2. The van der Waals surface area contributed by atoms with Gasteiger partial charge in [0.05, 0.1) is 12.1 Å². The molecule has 132 valence electrons. The van der Waals surface area contributed by atoms with E-state index in [0.717, 1.165) is 11.7 Å². The molecule has 0 aliphatic rings. The molecule has 0 aliphatic carbocycles. The van der Waals surface area contributed by atoms with E-state index in [4.69, 9.17) is 9.47 Å². The smallest absolute Gasteiger partial charge is 0.191 e. The van der Waals surface area contributed by atoms with E-state index in [2.05, 4.69) is 22.5 Å². The van der Waals surface area contributed by atoms with E-state index in [1.165, 1.54) is 5.56 Å². The fourth-order valence-electron chi connectivity index (χ4n) is 1.72. The molecule has 1 unspecified atom stereocenters. The summed E-state index contributed by atoms with van der Waals surface area (Å²) in [5.74, 6) is 1.62. The Hall–Kier alpha value is -1.02. The summed E-state index contributed by atoms with van der Waals surface area (Å²) in [5.41, 5.74) is 0.991. The van der Waals surface area contributed by atoms with Crippen LogP contribution < -0.4 is 15.4 Å². The Labute approximate surface area is 157 Å². The van der Waals surface area contributed by atoms with E-state index in [1.807, 2.05) is 45.0 Å². The minimum atomic E-state index is -0.234. The highest BCUT2D eigenvalue weighted by molar-refractivity contribution is 14.0.